The molecule has 0 saturated carbocycles. The summed E-state index contributed by atoms with van der Waals surface area (Å²) in [5, 5.41) is 0. The fourth-order valence-electron chi connectivity index (χ4n) is 3.78. The van der Waals surface area contributed by atoms with Crippen molar-refractivity contribution in [3.05, 3.63) is 77.9 Å². The molecule has 0 heterocycles. The molecule has 0 bridgehead atoms. The minimum Gasteiger partial charge on any atom is -0.494 e. The Kier molecular flexibility index (Phi) is 13.0. The van der Waals surface area contributed by atoms with E-state index in [1.54, 1.807) is 66.7 Å². The lowest BCUT2D eigenvalue weighted by Crippen LogP contribution is -2.09. The number of carbonyl (C=O) groups excluding carboxylic acids is 2. The number of esters is 2. The molecular weight excluding hydrogens is 540 g/mol. The number of nitrogen functional groups attached to an aromatic ring is 2. The molecule has 0 aliphatic carbocycles. The van der Waals surface area contributed by atoms with Crippen molar-refractivity contribution in [1.29, 1.82) is 0 Å². The molecule has 0 spiro atoms. The number of ether oxygens (including phenoxy) is 6. The Balaban J connectivity index is 1.38. The van der Waals surface area contributed by atoms with Crippen LogP contribution in [-0.2, 0) is 14.3 Å². The maximum atomic E-state index is 12.7. The predicted octanol–water partition coefficient (Wildman–Crippen LogP) is 5.30. The van der Waals surface area contributed by atoms with E-state index in [-0.39, 0.29) is 12.4 Å². The third kappa shape index (κ3) is 10.7. The molecule has 3 rings (SSSR count). The summed E-state index contributed by atoms with van der Waals surface area (Å²) in [6.45, 7) is 1.65. The van der Waals surface area contributed by atoms with E-state index < -0.39 is 11.9 Å². The van der Waals surface area contributed by atoms with Crippen molar-refractivity contribution >= 4 is 29.4 Å². The van der Waals surface area contributed by atoms with Crippen LogP contribution in [0, 0.1) is 0 Å². The van der Waals surface area contributed by atoms with Crippen LogP contribution in [0.5, 0.6) is 23.0 Å². The van der Waals surface area contributed by atoms with Crippen LogP contribution in [0.1, 0.15) is 41.6 Å². The molecule has 4 N–H and O–H groups in total. The first-order chi connectivity index (χ1) is 20.4. The molecule has 0 aromatic heterocycles. The van der Waals surface area contributed by atoms with Gasteiger partial charge in [0.2, 0.25) is 0 Å². The van der Waals surface area contributed by atoms with E-state index in [0.717, 1.165) is 25.7 Å². The summed E-state index contributed by atoms with van der Waals surface area (Å²) in [7, 11) is 3.00. The van der Waals surface area contributed by atoms with Crippen LogP contribution < -0.4 is 30.4 Å². The SMILES string of the molecule is COCCOC(=O)/C=C/c1ccc(OC(=O)c2ccc(OCCCCCCOc3ccc(N)cc3N)cc2)c(OC)c1. The van der Waals surface area contributed by atoms with Gasteiger partial charge >= 0.3 is 11.9 Å². The van der Waals surface area contributed by atoms with Gasteiger partial charge in [0.1, 0.15) is 18.1 Å². The van der Waals surface area contributed by atoms with Crippen molar-refractivity contribution in [2.75, 3.05) is 52.1 Å². The molecule has 10 nitrogen and oxygen atoms in total. The van der Waals surface area contributed by atoms with Crippen molar-refractivity contribution in [3.8, 4) is 23.0 Å². The van der Waals surface area contributed by atoms with Crippen LogP contribution in [-0.4, -0.2) is 52.6 Å². The van der Waals surface area contributed by atoms with Crippen LogP contribution in [0.4, 0.5) is 11.4 Å². The van der Waals surface area contributed by atoms with E-state index in [2.05, 4.69) is 0 Å². The summed E-state index contributed by atoms with van der Waals surface area (Å²) in [5.74, 6) is 0.899. The quantitative estimate of drug-likeness (QED) is 0.0712. The number of nitrogens with two attached hydrogens (primary N) is 2. The van der Waals surface area contributed by atoms with Crippen LogP contribution in [0.3, 0.4) is 0 Å². The van der Waals surface area contributed by atoms with E-state index in [1.807, 2.05) is 0 Å². The monoisotopic (exact) mass is 578 g/mol. The highest BCUT2D eigenvalue weighted by atomic mass is 16.6. The largest absolute Gasteiger partial charge is 0.494 e. The maximum absolute atomic E-state index is 12.7. The Hall–Kier alpha value is -4.70. The molecule has 0 atom stereocenters. The van der Waals surface area contributed by atoms with E-state index >= 15 is 0 Å². The minimum atomic E-state index is -0.534. The van der Waals surface area contributed by atoms with Crippen molar-refractivity contribution in [2.24, 2.45) is 0 Å². The molecular formula is C32H38N2O8. The van der Waals surface area contributed by atoms with E-state index in [0.29, 0.717) is 59.6 Å². The molecule has 0 fully saturated rings. The van der Waals surface area contributed by atoms with Crippen LogP contribution in [0.15, 0.2) is 66.7 Å². The maximum Gasteiger partial charge on any atom is 0.343 e. The van der Waals surface area contributed by atoms with Gasteiger partial charge in [-0.2, -0.15) is 0 Å². The summed E-state index contributed by atoms with van der Waals surface area (Å²) in [5.41, 5.74) is 13.8. The number of carbonyl (C=O) groups is 2. The number of benzene rings is 3. The third-order valence-electron chi connectivity index (χ3n) is 6.02. The van der Waals surface area contributed by atoms with Crippen LogP contribution in [0.25, 0.3) is 6.08 Å². The highest BCUT2D eigenvalue weighted by Gasteiger charge is 2.13. The Morgan fingerprint density at radius 1 is 0.738 bits per heavy atom. The Labute approximate surface area is 246 Å². The zero-order chi connectivity index (χ0) is 30.2. The van der Waals surface area contributed by atoms with Gasteiger partial charge in [0.25, 0.3) is 0 Å². The Morgan fingerprint density at radius 2 is 1.45 bits per heavy atom. The van der Waals surface area contributed by atoms with Crippen molar-refractivity contribution in [1.82, 2.24) is 0 Å². The van der Waals surface area contributed by atoms with Gasteiger partial charge in [0, 0.05) is 18.9 Å². The fourth-order valence-corrected chi connectivity index (χ4v) is 3.78. The lowest BCUT2D eigenvalue weighted by atomic mass is 10.2. The standard InChI is InChI=1S/C32H38N2O8/c1-37-19-20-41-31(35)16-8-23-7-14-29(30(21-23)38-2)42-32(36)24-9-12-26(13-10-24)39-17-5-3-4-6-18-40-28-15-11-25(33)22-27(28)34/h7-16,21-22H,3-6,17-20,33-34H2,1-2H3/b16-8+. The highest BCUT2D eigenvalue weighted by molar-refractivity contribution is 5.91. The van der Waals surface area contributed by atoms with Crippen LogP contribution in [0.2, 0.25) is 0 Å². The second-order valence-corrected chi connectivity index (χ2v) is 9.23. The molecule has 0 saturated heterocycles. The highest BCUT2D eigenvalue weighted by Crippen LogP contribution is 2.29. The number of rotatable bonds is 17. The summed E-state index contributed by atoms with van der Waals surface area (Å²) in [4.78, 5) is 24.4. The van der Waals surface area contributed by atoms with Gasteiger partial charge in [0.05, 0.1) is 38.2 Å². The first-order valence-electron chi connectivity index (χ1n) is 13.6. The molecule has 0 radical (unpaired) electrons. The topological polar surface area (TPSA) is 142 Å². The molecule has 42 heavy (non-hydrogen) atoms. The third-order valence-corrected chi connectivity index (χ3v) is 6.02. The molecule has 3 aromatic carbocycles. The number of methoxy groups -OCH3 is 2. The smallest absolute Gasteiger partial charge is 0.343 e. The average Bonchev–Trinajstić information content (AvgIpc) is 2.99. The molecule has 3 aromatic rings. The zero-order valence-electron chi connectivity index (χ0n) is 24.0. The normalized spacial score (nSPS) is 10.8. The zero-order valence-corrected chi connectivity index (χ0v) is 24.0. The second-order valence-electron chi connectivity index (χ2n) is 9.23. The number of anilines is 2. The summed E-state index contributed by atoms with van der Waals surface area (Å²) in [6, 6.07) is 17.0. The first-order valence-corrected chi connectivity index (χ1v) is 13.6. The van der Waals surface area contributed by atoms with Gasteiger partial charge in [-0.25, -0.2) is 9.59 Å². The van der Waals surface area contributed by atoms with E-state index in [1.165, 1.54) is 20.3 Å². The van der Waals surface area contributed by atoms with Gasteiger partial charge in [-0.3, -0.25) is 0 Å². The van der Waals surface area contributed by atoms with E-state index in [9.17, 15) is 9.59 Å². The summed E-state index contributed by atoms with van der Waals surface area (Å²) >= 11 is 0. The van der Waals surface area contributed by atoms with Crippen molar-refractivity contribution < 1.29 is 38.0 Å². The molecule has 0 aliphatic rings. The van der Waals surface area contributed by atoms with Gasteiger partial charge in [-0.1, -0.05) is 6.07 Å². The molecule has 0 amide bonds. The lowest BCUT2D eigenvalue weighted by molar-refractivity contribution is -0.138. The number of unbranched alkanes of at least 4 members (excludes halogenated alkanes) is 3. The lowest BCUT2D eigenvalue weighted by Gasteiger charge is -2.11. The summed E-state index contributed by atoms with van der Waals surface area (Å²) in [6.07, 6.45) is 6.69. The molecule has 224 valence electrons. The van der Waals surface area contributed by atoms with Gasteiger partial charge in [-0.15, -0.1) is 0 Å². The summed E-state index contributed by atoms with van der Waals surface area (Å²) < 4.78 is 32.2. The Bertz CT molecular complexity index is 1320. The van der Waals surface area contributed by atoms with Crippen molar-refractivity contribution in [3.63, 3.8) is 0 Å². The Morgan fingerprint density at radius 3 is 2.14 bits per heavy atom. The first kappa shape index (κ1) is 31.8. The van der Waals surface area contributed by atoms with Gasteiger partial charge < -0.3 is 39.9 Å². The average molecular weight is 579 g/mol. The molecule has 0 aliphatic heterocycles. The molecule has 10 heteroatoms. The number of hydrogen-bond donors (Lipinski definition) is 2. The fraction of sp³-hybridized carbons (Fsp3) is 0.312. The predicted molar refractivity (Wildman–Crippen MR) is 161 cm³/mol. The van der Waals surface area contributed by atoms with E-state index in [4.69, 9.17) is 39.9 Å². The molecule has 0 unspecified atom stereocenters. The number of hydrogen-bond acceptors (Lipinski definition) is 10. The second kappa shape index (κ2) is 17.2. The van der Waals surface area contributed by atoms with Crippen molar-refractivity contribution in [2.45, 2.75) is 25.7 Å². The minimum absolute atomic E-state index is 0.172. The van der Waals surface area contributed by atoms with Crippen LogP contribution >= 0.6 is 0 Å². The van der Waals surface area contributed by atoms with Gasteiger partial charge in [0.15, 0.2) is 11.5 Å². The van der Waals surface area contributed by atoms with Gasteiger partial charge in [-0.05, 0) is 91.9 Å².